The third kappa shape index (κ3) is 13.7. The number of hydrogen-bond acceptors (Lipinski definition) is 16. The fourth-order valence-corrected chi connectivity index (χ4v) is 34.8. The van der Waals surface area contributed by atoms with Gasteiger partial charge in [0.15, 0.2) is 12.5 Å². The highest BCUT2D eigenvalue weighted by molar-refractivity contribution is 6.84. The van der Waals surface area contributed by atoms with Gasteiger partial charge in [-0.25, -0.2) is 9.59 Å². The molecule has 0 spiro atoms. The number of fused-ring (bicyclic) bond motifs is 16. The van der Waals surface area contributed by atoms with Gasteiger partial charge in [0.1, 0.15) is 65.1 Å². The number of H-pyrrole nitrogens is 2. The quantitative estimate of drug-likeness (QED) is 0.0652. The first kappa shape index (κ1) is 80.0. The molecule has 22 heteroatoms. The molecule has 12 aliphatic rings. The minimum atomic E-state index is -3.04. The normalized spacial score (nSPS) is 34.8. The van der Waals surface area contributed by atoms with E-state index < -0.39 is 95.3 Å². The molecule has 5 aromatic rings. The number of aromatic nitrogens is 4. The van der Waals surface area contributed by atoms with Gasteiger partial charge in [0.05, 0.1) is 13.2 Å². The standard InChI is InChI=1S/C41H58N2O8Si2.C29H32N2O7.C20H22O/c1-23(2)52(24(3)4)48-22-34-37(50-53(51-52,25(5)6)26(7)8)36(45)39(49-34)43-21-29(38(46)42-40(43)47)12-10-27-11-14-30-28(20-27)13-15-32-31(30)18-19-41(9)33(32)16-17-35(41)44;1-29-11-10-19-18-6-3-15(12-16(18)5-7-20(19)21(29)8-9-23(29)33)2-4-17-13-31(28(37)30-26(17)36)27-25(35)24(34)22(14-32)38-27;1-3-13-4-6-15-14(12-13)5-7-17-16(15)10-11-20(2)18(17)8-9-19(20)21/h11,14,20-21,23-26,31-34,36-37,39,45H,13,15-19,22H2,1-9H3,(H,42,46,47);3,6,12-13,19-22,24-25,27,32,34-35H,5,7-11,14H2,1H3,(H,30,36,37);1,4,6,12,16-18H,5,7-11H2,2H3/t31?,32?,33?,34-,36-,37?,39-,41+;19?,20?,21?,22-,24?,25-,27-,29+;16?,17?,18?,20-/m110/s1. The summed E-state index contributed by atoms with van der Waals surface area (Å²) in [5.74, 6) is 21.2. The molecule has 112 heavy (non-hydrogen) atoms. The number of nitrogens with zero attached hydrogens (tertiary/aromatic N) is 2. The molecule has 20 atom stereocenters. The van der Waals surface area contributed by atoms with Crippen LogP contribution in [0.25, 0.3) is 0 Å². The topological polar surface area (TPSA) is 288 Å². The van der Waals surface area contributed by atoms with Crippen molar-refractivity contribution in [3.63, 3.8) is 0 Å². The summed E-state index contributed by atoms with van der Waals surface area (Å²) >= 11 is 0. The number of ether oxygens (including phenoxy) is 2. The largest absolute Gasteiger partial charge is 0.414 e. The Morgan fingerprint density at radius 3 is 1.28 bits per heavy atom. The van der Waals surface area contributed by atoms with Crippen molar-refractivity contribution in [3.8, 4) is 36.0 Å². The van der Waals surface area contributed by atoms with Gasteiger partial charge < -0.3 is 42.9 Å². The van der Waals surface area contributed by atoms with Crippen LogP contribution in [-0.4, -0.2) is 124 Å². The summed E-state index contributed by atoms with van der Waals surface area (Å²) in [5, 5.41) is 41.5. The third-order valence-electron chi connectivity index (χ3n) is 29.8. The molecular weight excluding hydrogens is 1450 g/mol. The van der Waals surface area contributed by atoms with E-state index in [1.807, 2.05) is 12.1 Å². The van der Waals surface area contributed by atoms with E-state index in [9.17, 15) is 54.0 Å². The molecule has 5 heterocycles. The summed E-state index contributed by atoms with van der Waals surface area (Å²) in [6.45, 7) is 23.3. The average Bonchev–Trinajstić information content (AvgIpc) is 1.53. The Labute approximate surface area is 658 Å². The molecule has 9 fully saturated rings. The van der Waals surface area contributed by atoms with Crippen LogP contribution in [0.1, 0.15) is 264 Å². The van der Waals surface area contributed by atoms with Gasteiger partial charge in [0.2, 0.25) is 0 Å². The maximum Gasteiger partial charge on any atom is 0.335 e. The first-order valence-electron chi connectivity index (χ1n) is 41.5. The van der Waals surface area contributed by atoms with Crippen LogP contribution in [0.3, 0.4) is 0 Å². The maximum absolute atomic E-state index is 13.3. The number of terminal acetylenes is 1. The number of benzene rings is 3. The molecule has 2 aromatic heterocycles. The lowest BCUT2D eigenvalue weighted by molar-refractivity contribution is -0.130. The summed E-state index contributed by atoms with van der Waals surface area (Å²) in [6.07, 6.45) is 17.2. The molecule has 3 aliphatic heterocycles. The molecule has 3 saturated heterocycles. The summed E-state index contributed by atoms with van der Waals surface area (Å²) in [4.78, 5) is 93.4. The van der Waals surface area contributed by atoms with Crippen LogP contribution in [-0.2, 0) is 56.1 Å². The number of rotatable bonds is 7. The lowest BCUT2D eigenvalue weighted by atomic mass is 9.55. The van der Waals surface area contributed by atoms with E-state index >= 15 is 0 Å². The monoisotopic (exact) mass is 1560 g/mol. The molecule has 6 saturated carbocycles. The van der Waals surface area contributed by atoms with E-state index in [4.69, 9.17) is 28.9 Å². The van der Waals surface area contributed by atoms with E-state index in [2.05, 4.69) is 158 Å². The van der Waals surface area contributed by atoms with Gasteiger partial charge >= 0.3 is 28.5 Å². The zero-order chi connectivity index (χ0) is 79.6. The number of aliphatic hydroxyl groups excluding tert-OH is 4. The molecular formula is C90H112N4O16Si2. The average molecular weight is 1560 g/mol. The maximum atomic E-state index is 13.3. The number of aryl methyl sites for hydroxylation is 3. The SMILES string of the molecule is C#Cc1ccc2c(c1)CCC1C2CC[C@]2(C)C(=O)CCC12.CC(C)[Si]1(C(C)C)OC[C@H]2O[C@@H](n3cc(C#Cc4ccc5c(c4)CCC4C5CC[C@]5(C)C(=O)CCC45)c(=O)[nH]c3=O)[C@H](O)C2O[Si](C(C)C)(C(C)C)O1.C[C@]12CCC3c4ccc(C#Cc5cn([C@@H]6O[C@H](CO)C(O)[C@H]6O)c(=O)[nH]c5=O)cc4CCC3C1CCC2=O. The van der Waals surface area contributed by atoms with Crippen molar-refractivity contribution in [1.82, 2.24) is 19.1 Å². The third-order valence-corrected chi connectivity index (χ3v) is 40.0. The lowest BCUT2D eigenvalue weighted by Gasteiger charge is -2.51. The first-order chi connectivity index (χ1) is 53.4. The Morgan fingerprint density at radius 1 is 0.500 bits per heavy atom. The minimum Gasteiger partial charge on any atom is -0.414 e. The second-order valence-electron chi connectivity index (χ2n) is 36.6. The summed E-state index contributed by atoms with van der Waals surface area (Å²) in [5.41, 5.74) is 8.23. The number of hydrogen-bond donors (Lipinski definition) is 6. The van der Waals surface area contributed by atoms with Crippen LogP contribution >= 0.6 is 0 Å². The van der Waals surface area contributed by atoms with E-state index in [1.165, 1.54) is 63.2 Å². The van der Waals surface area contributed by atoms with E-state index in [1.54, 1.807) is 0 Å². The predicted molar refractivity (Wildman–Crippen MR) is 427 cm³/mol. The van der Waals surface area contributed by atoms with Crippen molar-refractivity contribution in [1.29, 1.82) is 0 Å². The molecule has 6 N–H and O–H groups in total. The van der Waals surface area contributed by atoms with Gasteiger partial charge in [0.25, 0.3) is 11.1 Å². The van der Waals surface area contributed by atoms with Crippen LogP contribution in [0.2, 0.25) is 22.2 Å². The summed E-state index contributed by atoms with van der Waals surface area (Å²) in [6, 6.07) is 19.1. The number of nitrogens with one attached hydrogen (secondary N) is 2. The fourth-order valence-electron chi connectivity index (χ4n) is 23.6. The number of ketones is 3. The molecule has 11 unspecified atom stereocenters. The second-order valence-corrected chi connectivity index (χ2v) is 45.5. The van der Waals surface area contributed by atoms with Gasteiger partial charge in [-0.15, -0.1) is 6.42 Å². The van der Waals surface area contributed by atoms with Crippen molar-refractivity contribution in [2.75, 3.05) is 13.2 Å². The van der Waals surface area contributed by atoms with Crippen molar-refractivity contribution >= 4 is 34.5 Å². The van der Waals surface area contributed by atoms with Gasteiger partial charge in [-0.3, -0.25) is 43.1 Å². The minimum absolute atomic E-state index is 0.0117. The highest BCUT2D eigenvalue weighted by Gasteiger charge is 2.63. The molecule has 20 nitrogen and oxygen atoms in total. The first-order valence-corrected chi connectivity index (χ1v) is 45.5. The van der Waals surface area contributed by atoms with Crippen LogP contribution in [0.5, 0.6) is 0 Å². The highest BCUT2D eigenvalue weighted by atomic mass is 28.5. The number of aromatic amines is 2. The molecule has 17 rings (SSSR count). The van der Waals surface area contributed by atoms with Crippen molar-refractivity contribution in [3.05, 3.63) is 170 Å². The number of Topliss-reactive ketones (excluding diaryl/α,β-unsaturated/α-hetero) is 3. The molecule has 3 aromatic carbocycles. The summed E-state index contributed by atoms with van der Waals surface area (Å²) < 4.78 is 35.2. The van der Waals surface area contributed by atoms with Crippen molar-refractivity contribution in [2.24, 2.45) is 51.8 Å². The van der Waals surface area contributed by atoms with Crippen LogP contribution in [0.15, 0.2) is 86.2 Å². The Hall–Kier alpha value is -7.22. The van der Waals surface area contributed by atoms with Gasteiger partial charge in [-0.05, 0) is 242 Å². The number of carbonyl (C=O) groups is 3. The Kier molecular flexibility index (Phi) is 22.0. The Balaban J connectivity index is 0.000000145. The summed E-state index contributed by atoms with van der Waals surface area (Å²) in [7, 11) is -5.87. The Morgan fingerprint density at radius 2 is 0.893 bits per heavy atom. The molecule has 0 amide bonds. The fraction of sp³-hybridized carbons (Fsp3) is 0.611. The molecule has 9 aliphatic carbocycles. The van der Waals surface area contributed by atoms with Crippen LogP contribution < -0.4 is 22.5 Å². The second kappa shape index (κ2) is 30.8. The lowest BCUT2D eigenvalue weighted by Crippen LogP contribution is -2.65. The zero-order valence-corrected chi connectivity index (χ0v) is 68.8. The molecule has 0 bridgehead atoms. The van der Waals surface area contributed by atoms with Gasteiger partial charge in [-0.1, -0.05) is 124 Å². The molecule has 596 valence electrons. The highest BCUT2D eigenvalue weighted by Crippen LogP contribution is 2.63. The van der Waals surface area contributed by atoms with Gasteiger partial charge in [-0.2, -0.15) is 0 Å². The van der Waals surface area contributed by atoms with Gasteiger partial charge in [0, 0.05) is 64.6 Å². The van der Waals surface area contributed by atoms with Crippen LogP contribution in [0, 0.1) is 87.8 Å². The van der Waals surface area contributed by atoms with Crippen molar-refractivity contribution in [2.45, 2.75) is 281 Å². The van der Waals surface area contributed by atoms with E-state index in [-0.39, 0.29) is 56.1 Å². The number of aliphatic hydroxyl groups is 4. The Bertz CT molecular complexity index is 4950. The zero-order valence-electron chi connectivity index (χ0n) is 66.8. The predicted octanol–water partition coefficient (Wildman–Crippen LogP) is 11.6. The van der Waals surface area contributed by atoms with E-state index in [0.717, 1.165) is 118 Å². The van der Waals surface area contributed by atoms with Crippen molar-refractivity contribution < 1.29 is 57.3 Å². The van der Waals surface area contributed by atoms with Crippen LogP contribution in [0.4, 0.5) is 0 Å². The number of carbonyl (C=O) groups excluding carboxylic acids is 3. The smallest absolute Gasteiger partial charge is 0.335 e. The molecule has 0 radical (unpaired) electrons. The van der Waals surface area contributed by atoms with E-state index in [0.29, 0.717) is 77.0 Å².